The van der Waals surface area contributed by atoms with Crippen molar-refractivity contribution in [1.29, 1.82) is 0 Å². The molecule has 0 unspecified atom stereocenters. The summed E-state index contributed by atoms with van der Waals surface area (Å²) in [5.41, 5.74) is 0. The smallest absolute Gasteiger partial charge is 0.226 e. The number of nitrogens with zero attached hydrogens (tertiary/aromatic N) is 4. The molecule has 2 atom stereocenters. The van der Waals surface area contributed by atoms with E-state index in [0.717, 1.165) is 0 Å². The van der Waals surface area contributed by atoms with Gasteiger partial charge in [0.2, 0.25) is 11.8 Å². The minimum Gasteiger partial charge on any atom is -0.481 e. The van der Waals surface area contributed by atoms with Gasteiger partial charge in [0.1, 0.15) is 0 Å². The van der Waals surface area contributed by atoms with Crippen LogP contribution in [0.3, 0.4) is 0 Å². The number of methoxy groups -OCH3 is 1. The fraction of sp³-hybridized carbons (Fsp3) is 0.417. The molecule has 6 heteroatoms. The van der Waals surface area contributed by atoms with Gasteiger partial charge in [-0.25, -0.2) is 4.98 Å². The first-order chi connectivity index (χ1) is 8.70. The van der Waals surface area contributed by atoms with Gasteiger partial charge in [0.25, 0.3) is 0 Å². The lowest BCUT2D eigenvalue weighted by Crippen LogP contribution is -2.27. The summed E-state index contributed by atoms with van der Waals surface area (Å²) in [6.07, 6.45) is 5.38. The van der Waals surface area contributed by atoms with Crippen molar-refractivity contribution < 1.29 is 4.74 Å². The molecule has 2 aromatic heterocycles. The highest BCUT2D eigenvalue weighted by Crippen LogP contribution is 2.14. The highest BCUT2D eigenvalue weighted by Gasteiger charge is 2.15. The summed E-state index contributed by atoms with van der Waals surface area (Å²) in [4.78, 5) is 8.38. The molecule has 96 valence electrons. The van der Waals surface area contributed by atoms with Crippen molar-refractivity contribution in [1.82, 2.24) is 19.7 Å². The molecule has 2 heterocycles. The molecule has 0 bridgehead atoms. The van der Waals surface area contributed by atoms with Crippen LogP contribution in [0.5, 0.6) is 5.88 Å². The van der Waals surface area contributed by atoms with Crippen molar-refractivity contribution in [3.63, 3.8) is 0 Å². The molecule has 0 amide bonds. The predicted octanol–water partition coefficient (Wildman–Crippen LogP) is 1.74. The summed E-state index contributed by atoms with van der Waals surface area (Å²) in [5.74, 6) is 1.10. The van der Waals surface area contributed by atoms with Crippen LogP contribution in [0.15, 0.2) is 30.7 Å². The molecule has 2 aromatic rings. The second-order valence-electron chi connectivity index (χ2n) is 4.08. The molecular weight excluding hydrogens is 230 g/mol. The van der Waals surface area contributed by atoms with Crippen molar-refractivity contribution in [3.05, 3.63) is 30.7 Å². The van der Waals surface area contributed by atoms with E-state index >= 15 is 0 Å². The molecule has 0 aliphatic carbocycles. The average molecular weight is 247 g/mol. The lowest BCUT2D eigenvalue weighted by Gasteiger charge is -2.21. The average Bonchev–Trinajstić information content (AvgIpc) is 2.92. The number of ether oxygens (including phenoxy) is 1. The third kappa shape index (κ3) is 2.77. The van der Waals surface area contributed by atoms with Gasteiger partial charge in [-0.1, -0.05) is 0 Å². The van der Waals surface area contributed by atoms with Crippen molar-refractivity contribution in [2.45, 2.75) is 25.9 Å². The van der Waals surface area contributed by atoms with Gasteiger partial charge in [-0.05, 0) is 19.9 Å². The number of rotatable bonds is 5. The minimum absolute atomic E-state index is 0.150. The van der Waals surface area contributed by atoms with Crippen molar-refractivity contribution >= 4 is 5.95 Å². The van der Waals surface area contributed by atoms with E-state index in [-0.39, 0.29) is 12.1 Å². The summed E-state index contributed by atoms with van der Waals surface area (Å²) in [6, 6.07) is 3.98. The topological polar surface area (TPSA) is 64.9 Å². The van der Waals surface area contributed by atoms with Crippen molar-refractivity contribution in [2.24, 2.45) is 0 Å². The Kier molecular flexibility index (Phi) is 3.76. The second kappa shape index (κ2) is 5.48. The monoisotopic (exact) mass is 247 g/mol. The molecule has 18 heavy (non-hydrogen) atoms. The van der Waals surface area contributed by atoms with Crippen LogP contribution in [0.2, 0.25) is 0 Å². The zero-order chi connectivity index (χ0) is 13.0. The molecule has 0 radical (unpaired) electrons. The van der Waals surface area contributed by atoms with Gasteiger partial charge in [-0.2, -0.15) is 10.1 Å². The molecule has 1 N–H and O–H groups in total. The maximum Gasteiger partial charge on any atom is 0.226 e. The van der Waals surface area contributed by atoms with Gasteiger partial charge in [0.05, 0.1) is 13.2 Å². The Bertz CT molecular complexity index is 485. The van der Waals surface area contributed by atoms with Gasteiger partial charge >= 0.3 is 0 Å². The van der Waals surface area contributed by atoms with Crippen LogP contribution in [0, 0.1) is 0 Å². The SMILES string of the molecule is COc1ccnc(N[C@H](C)[C@@H](C)n2cccn2)n1. The molecule has 0 aliphatic rings. The molecule has 0 saturated heterocycles. The predicted molar refractivity (Wildman–Crippen MR) is 68.6 cm³/mol. The van der Waals surface area contributed by atoms with Crippen LogP contribution in [0.25, 0.3) is 0 Å². The largest absolute Gasteiger partial charge is 0.481 e. The Labute approximate surface area is 106 Å². The molecule has 0 spiro atoms. The number of hydrogen-bond acceptors (Lipinski definition) is 5. The number of hydrogen-bond donors (Lipinski definition) is 1. The normalized spacial score (nSPS) is 13.9. The fourth-order valence-corrected chi connectivity index (χ4v) is 1.60. The summed E-state index contributed by atoms with van der Waals surface area (Å²) in [7, 11) is 1.59. The van der Waals surface area contributed by atoms with E-state index in [4.69, 9.17) is 4.74 Å². The number of aromatic nitrogens is 4. The standard InChI is InChI=1S/C12H17N5O/c1-9(10(2)17-8-4-6-14-17)15-12-13-7-5-11(16-12)18-3/h4-10H,1-3H3,(H,13,15,16)/t9-,10-/m1/s1. The zero-order valence-electron chi connectivity index (χ0n) is 10.7. The fourth-order valence-electron chi connectivity index (χ4n) is 1.60. The Morgan fingerprint density at radius 2 is 2.17 bits per heavy atom. The quantitative estimate of drug-likeness (QED) is 0.871. The molecule has 6 nitrogen and oxygen atoms in total. The van der Waals surface area contributed by atoms with Crippen molar-refractivity contribution in [3.8, 4) is 5.88 Å². The molecule has 2 rings (SSSR count). The molecule has 0 aliphatic heterocycles. The lowest BCUT2D eigenvalue weighted by molar-refractivity contribution is 0.396. The zero-order valence-corrected chi connectivity index (χ0v) is 10.7. The van der Waals surface area contributed by atoms with E-state index in [0.29, 0.717) is 11.8 Å². The highest BCUT2D eigenvalue weighted by molar-refractivity contribution is 5.28. The van der Waals surface area contributed by atoms with Gasteiger partial charge in [-0.3, -0.25) is 4.68 Å². The molecule has 0 fully saturated rings. The third-order valence-corrected chi connectivity index (χ3v) is 2.86. The van der Waals surface area contributed by atoms with Gasteiger partial charge < -0.3 is 10.1 Å². The van der Waals surface area contributed by atoms with Gasteiger partial charge in [0.15, 0.2) is 0 Å². The maximum absolute atomic E-state index is 5.06. The van der Waals surface area contributed by atoms with E-state index in [1.165, 1.54) is 0 Å². The van der Waals surface area contributed by atoms with Gasteiger partial charge in [-0.15, -0.1) is 0 Å². The van der Waals surface area contributed by atoms with Crippen molar-refractivity contribution in [2.75, 3.05) is 12.4 Å². The Hall–Kier alpha value is -2.11. The molecular formula is C12H17N5O. The first-order valence-electron chi connectivity index (χ1n) is 5.83. The van der Waals surface area contributed by atoms with E-state index in [2.05, 4.69) is 34.2 Å². The number of nitrogens with one attached hydrogen (secondary N) is 1. The van der Waals surface area contributed by atoms with E-state index < -0.39 is 0 Å². The Morgan fingerprint density at radius 3 is 2.83 bits per heavy atom. The van der Waals surface area contributed by atoms with Crippen LogP contribution in [0.1, 0.15) is 19.9 Å². The summed E-state index contributed by atoms with van der Waals surface area (Å²) in [5, 5.41) is 7.47. The highest BCUT2D eigenvalue weighted by atomic mass is 16.5. The van der Waals surface area contributed by atoms with E-state index in [1.54, 1.807) is 25.6 Å². The van der Waals surface area contributed by atoms with Crippen LogP contribution >= 0.6 is 0 Å². The summed E-state index contributed by atoms with van der Waals surface area (Å²) in [6.45, 7) is 4.15. The minimum atomic E-state index is 0.150. The molecule has 0 saturated carbocycles. The Balaban J connectivity index is 2.04. The summed E-state index contributed by atoms with van der Waals surface area (Å²) < 4.78 is 6.96. The van der Waals surface area contributed by atoms with Crippen LogP contribution in [-0.4, -0.2) is 32.9 Å². The van der Waals surface area contributed by atoms with E-state index in [9.17, 15) is 0 Å². The third-order valence-electron chi connectivity index (χ3n) is 2.86. The number of anilines is 1. The second-order valence-corrected chi connectivity index (χ2v) is 4.08. The van der Waals surface area contributed by atoms with Crippen LogP contribution < -0.4 is 10.1 Å². The van der Waals surface area contributed by atoms with E-state index in [1.807, 2.05) is 16.9 Å². The first kappa shape index (κ1) is 12.3. The first-order valence-corrected chi connectivity index (χ1v) is 5.83. The maximum atomic E-state index is 5.06. The lowest BCUT2D eigenvalue weighted by atomic mass is 10.2. The van der Waals surface area contributed by atoms with Crippen LogP contribution in [-0.2, 0) is 0 Å². The Morgan fingerprint density at radius 1 is 1.33 bits per heavy atom. The van der Waals surface area contributed by atoms with Crippen LogP contribution in [0.4, 0.5) is 5.95 Å². The molecule has 0 aromatic carbocycles. The van der Waals surface area contributed by atoms with Gasteiger partial charge in [0, 0.05) is 30.7 Å². The summed E-state index contributed by atoms with van der Waals surface area (Å²) >= 11 is 0.